The maximum Gasteiger partial charge on any atom is 0.222 e. The molecule has 0 spiro atoms. The third kappa shape index (κ3) is 4.34. The van der Waals surface area contributed by atoms with E-state index >= 15 is 0 Å². The number of anilines is 3. The van der Waals surface area contributed by atoms with Crippen LogP contribution in [0.25, 0.3) is 11.3 Å². The first-order valence-electron chi connectivity index (χ1n) is 8.53. The molecule has 0 unspecified atom stereocenters. The number of hydrogen-bond acceptors (Lipinski definition) is 7. The van der Waals surface area contributed by atoms with Crippen molar-refractivity contribution in [3.8, 4) is 11.3 Å². The van der Waals surface area contributed by atoms with Gasteiger partial charge in [0, 0.05) is 38.0 Å². The summed E-state index contributed by atoms with van der Waals surface area (Å²) >= 11 is 0. The summed E-state index contributed by atoms with van der Waals surface area (Å²) < 4.78 is 25.9. The van der Waals surface area contributed by atoms with Crippen LogP contribution in [0.4, 0.5) is 17.3 Å². The first kappa shape index (κ1) is 19.5. The number of rotatable bonds is 6. The summed E-state index contributed by atoms with van der Waals surface area (Å²) in [4.78, 5) is 19.8. The molecule has 10 heteroatoms. The molecule has 3 heterocycles. The molecule has 3 aromatic rings. The molecule has 0 radical (unpaired) electrons. The van der Waals surface area contributed by atoms with Crippen LogP contribution in [0.15, 0.2) is 47.8 Å². The lowest BCUT2D eigenvalue weighted by atomic mass is 10.1. The molecule has 3 aromatic heterocycles. The van der Waals surface area contributed by atoms with Gasteiger partial charge in [-0.05, 0) is 18.2 Å². The van der Waals surface area contributed by atoms with Crippen LogP contribution >= 0.6 is 0 Å². The van der Waals surface area contributed by atoms with E-state index in [0.29, 0.717) is 28.6 Å². The summed E-state index contributed by atoms with van der Waals surface area (Å²) in [6.07, 6.45) is 3.39. The van der Waals surface area contributed by atoms with Crippen LogP contribution < -0.4 is 10.6 Å². The normalized spacial score (nSPS) is 11.2. The Hall–Kier alpha value is -3.27. The van der Waals surface area contributed by atoms with E-state index < -0.39 is 9.84 Å². The van der Waals surface area contributed by atoms with Gasteiger partial charge in [-0.1, -0.05) is 13.0 Å². The highest BCUT2D eigenvalue weighted by molar-refractivity contribution is 7.91. The van der Waals surface area contributed by atoms with E-state index in [4.69, 9.17) is 0 Å². The molecule has 1 amide bonds. The Balaban J connectivity index is 2.04. The number of hydrogen-bond donors (Lipinski definition) is 2. The summed E-state index contributed by atoms with van der Waals surface area (Å²) in [5, 5.41) is 10.1. The van der Waals surface area contributed by atoms with Gasteiger partial charge in [-0.25, -0.2) is 18.4 Å². The molecule has 2 N–H and O–H groups in total. The van der Waals surface area contributed by atoms with Gasteiger partial charge < -0.3 is 10.6 Å². The first-order chi connectivity index (χ1) is 13.3. The molecular weight excluding hydrogens is 380 g/mol. The fourth-order valence-corrected chi connectivity index (χ4v) is 3.33. The Morgan fingerprint density at radius 1 is 1.21 bits per heavy atom. The summed E-state index contributed by atoms with van der Waals surface area (Å²) in [5.74, 6) is 0.418. The number of aromatic nitrogens is 4. The van der Waals surface area contributed by atoms with Gasteiger partial charge in [0.2, 0.25) is 5.91 Å². The summed E-state index contributed by atoms with van der Waals surface area (Å²) in [6.45, 7) is 2.96. The molecule has 0 aromatic carbocycles. The van der Waals surface area contributed by atoms with Gasteiger partial charge in [0.25, 0.3) is 0 Å². The number of aryl methyl sites for hydroxylation is 1. The Kier molecular flexibility index (Phi) is 5.41. The van der Waals surface area contributed by atoms with E-state index in [1.54, 1.807) is 49.2 Å². The SMILES string of the molecule is CCS(=O)(=O)c1cccc(Nc2cc(NC(C)=O)ncc2-c2ccn(C)n2)n1. The molecule has 0 saturated carbocycles. The van der Waals surface area contributed by atoms with Gasteiger partial charge in [0.15, 0.2) is 14.9 Å². The predicted molar refractivity (Wildman–Crippen MR) is 106 cm³/mol. The largest absolute Gasteiger partial charge is 0.339 e. The third-order valence-corrected chi connectivity index (χ3v) is 5.51. The zero-order chi connectivity index (χ0) is 20.3. The van der Waals surface area contributed by atoms with Crippen molar-refractivity contribution in [2.75, 3.05) is 16.4 Å². The lowest BCUT2D eigenvalue weighted by Gasteiger charge is -2.13. The number of sulfone groups is 1. The molecular formula is C18H20N6O3S. The van der Waals surface area contributed by atoms with Gasteiger partial charge in [-0.15, -0.1) is 0 Å². The average Bonchev–Trinajstić information content (AvgIpc) is 3.08. The first-order valence-corrected chi connectivity index (χ1v) is 10.2. The Labute approximate surface area is 162 Å². The van der Waals surface area contributed by atoms with E-state index in [1.165, 1.54) is 13.0 Å². The second kappa shape index (κ2) is 7.77. The number of carbonyl (C=O) groups excluding carboxylic acids is 1. The monoisotopic (exact) mass is 400 g/mol. The molecule has 3 rings (SSSR count). The van der Waals surface area contributed by atoms with Crippen molar-refractivity contribution in [2.45, 2.75) is 18.9 Å². The van der Waals surface area contributed by atoms with E-state index in [-0.39, 0.29) is 16.7 Å². The van der Waals surface area contributed by atoms with Crippen molar-refractivity contribution in [3.05, 3.63) is 42.7 Å². The fraction of sp³-hybridized carbons (Fsp3) is 0.222. The molecule has 0 bridgehead atoms. The number of nitrogens with one attached hydrogen (secondary N) is 2. The highest BCUT2D eigenvalue weighted by atomic mass is 32.2. The van der Waals surface area contributed by atoms with Gasteiger partial charge in [-0.2, -0.15) is 5.10 Å². The maximum absolute atomic E-state index is 12.1. The fourth-order valence-electron chi connectivity index (χ4n) is 2.51. The highest BCUT2D eigenvalue weighted by Crippen LogP contribution is 2.30. The van der Waals surface area contributed by atoms with Gasteiger partial charge in [-0.3, -0.25) is 9.48 Å². The van der Waals surface area contributed by atoms with Crippen LogP contribution in [0, 0.1) is 0 Å². The summed E-state index contributed by atoms with van der Waals surface area (Å²) in [6, 6.07) is 8.21. The minimum absolute atomic E-state index is 0.00414. The highest BCUT2D eigenvalue weighted by Gasteiger charge is 2.15. The number of carbonyl (C=O) groups is 1. The second-order valence-corrected chi connectivity index (χ2v) is 8.29. The molecule has 9 nitrogen and oxygen atoms in total. The van der Waals surface area contributed by atoms with Crippen LogP contribution in [-0.2, 0) is 21.7 Å². The molecule has 0 aliphatic rings. The van der Waals surface area contributed by atoms with Crippen LogP contribution in [0.5, 0.6) is 0 Å². The van der Waals surface area contributed by atoms with Crippen LogP contribution in [0.3, 0.4) is 0 Å². The standard InChI is InChI=1S/C18H20N6O3S/c1-4-28(26,27)18-7-5-6-16(22-18)21-15-10-17(20-12(2)25)19-11-13(15)14-8-9-24(3)23-14/h5-11H,4H2,1-3H3,(H2,19,20,21,22,25). The lowest BCUT2D eigenvalue weighted by molar-refractivity contribution is -0.114. The molecule has 0 saturated heterocycles. The minimum atomic E-state index is -3.43. The minimum Gasteiger partial charge on any atom is -0.339 e. The number of nitrogens with zero attached hydrogens (tertiary/aromatic N) is 4. The van der Waals surface area contributed by atoms with Crippen molar-refractivity contribution in [1.82, 2.24) is 19.7 Å². The Bertz CT molecular complexity index is 1120. The Morgan fingerprint density at radius 2 is 2.00 bits per heavy atom. The summed E-state index contributed by atoms with van der Waals surface area (Å²) in [5.41, 5.74) is 1.93. The van der Waals surface area contributed by atoms with Crippen molar-refractivity contribution in [1.29, 1.82) is 0 Å². The second-order valence-electron chi connectivity index (χ2n) is 6.06. The zero-order valence-corrected chi connectivity index (χ0v) is 16.5. The van der Waals surface area contributed by atoms with E-state index in [0.717, 1.165) is 0 Å². The van der Waals surface area contributed by atoms with Gasteiger partial charge in [0.1, 0.15) is 11.6 Å². The maximum atomic E-state index is 12.1. The van der Waals surface area contributed by atoms with Crippen molar-refractivity contribution >= 4 is 33.1 Å². The molecule has 0 aliphatic heterocycles. The Morgan fingerprint density at radius 3 is 2.64 bits per heavy atom. The zero-order valence-electron chi connectivity index (χ0n) is 15.7. The summed E-state index contributed by atoms with van der Waals surface area (Å²) in [7, 11) is -1.63. The molecule has 28 heavy (non-hydrogen) atoms. The van der Waals surface area contributed by atoms with E-state index in [1.807, 2.05) is 6.07 Å². The third-order valence-electron chi connectivity index (χ3n) is 3.88. The molecule has 146 valence electrons. The number of amides is 1. The van der Waals surface area contributed by atoms with Crippen LogP contribution in [0.1, 0.15) is 13.8 Å². The average molecular weight is 400 g/mol. The lowest BCUT2D eigenvalue weighted by Crippen LogP contribution is -2.09. The van der Waals surface area contributed by atoms with E-state index in [9.17, 15) is 13.2 Å². The topological polar surface area (TPSA) is 119 Å². The smallest absolute Gasteiger partial charge is 0.222 e. The van der Waals surface area contributed by atoms with Gasteiger partial charge in [0.05, 0.1) is 17.1 Å². The van der Waals surface area contributed by atoms with Crippen molar-refractivity contribution in [3.63, 3.8) is 0 Å². The predicted octanol–water partition coefficient (Wildman–Crippen LogP) is 2.37. The van der Waals surface area contributed by atoms with E-state index in [2.05, 4.69) is 25.7 Å². The molecule has 0 aliphatic carbocycles. The number of pyridine rings is 2. The molecule has 0 fully saturated rings. The van der Waals surface area contributed by atoms with Gasteiger partial charge >= 0.3 is 0 Å². The van der Waals surface area contributed by atoms with Crippen LogP contribution in [-0.4, -0.2) is 39.8 Å². The van der Waals surface area contributed by atoms with Crippen molar-refractivity contribution in [2.24, 2.45) is 7.05 Å². The molecule has 0 atom stereocenters. The van der Waals surface area contributed by atoms with Crippen molar-refractivity contribution < 1.29 is 13.2 Å². The quantitative estimate of drug-likeness (QED) is 0.652. The van der Waals surface area contributed by atoms with Crippen LogP contribution in [0.2, 0.25) is 0 Å².